The fraction of sp³-hybridized carbons (Fsp3) is 0.0169. The Morgan fingerprint density at radius 1 is 0.267 bits per heavy atom. The van der Waals surface area contributed by atoms with Crippen LogP contribution in [0.2, 0.25) is 0 Å². The lowest BCUT2D eigenvalue weighted by Gasteiger charge is -2.35. The van der Waals surface area contributed by atoms with Crippen LogP contribution in [0.15, 0.2) is 249 Å². The summed E-state index contributed by atoms with van der Waals surface area (Å²) in [6.45, 7) is 0. The zero-order valence-corrected chi connectivity index (χ0v) is 33.1. The standard InChI is InChI=1S/C59H41N/c1-6-18-42(19-7-1)44-30-34-49(35-31-44)60(50-36-32-45(33-37-50)43-20-8-2-9-21-43)51-38-39-52-54(46-22-10-3-11-23-46)41-56-53-28-16-17-29-57(53)59(58(56)55(52)40-51,47-24-12-4-13-25-47)48-26-14-5-15-27-48/h1-41H. The first-order chi connectivity index (χ1) is 29.8. The van der Waals surface area contributed by atoms with Crippen molar-refractivity contribution in [3.8, 4) is 44.5 Å². The fourth-order valence-electron chi connectivity index (χ4n) is 9.66. The smallest absolute Gasteiger partial charge is 0.0719 e. The second-order valence-corrected chi connectivity index (χ2v) is 15.6. The van der Waals surface area contributed by atoms with Crippen molar-refractivity contribution in [2.75, 3.05) is 4.90 Å². The third-order valence-electron chi connectivity index (χ3n) is 12.3. The lowest BCUT2D eigenvalue weighted by atomic mass is 9.66. The quantitative estimate of drug-likeness (QED) is 0.149. The molecule has 0 atom stereocenters. The van der Waals surface area contributed by atoms with Gasteiger partial charge in [0.05, 0.1) is 5.41 Å². The second-order valence-electron chi connectivity index (χ2n) is 15.6. The molecule has 1 aliphatic carbocycles. The van der Waals surface area contributed by atoms with Gasteiger partial charge in [0.2, 0.25) is 0 Å². The Balaban J connectivity index is 1.20. The molecule has 282 valence electrons. The maximum Gasteiger partial charge on any atom is 0.0719 e. The van der Waals surface area contributed by atoms with Gasteiger partial charge in [-0.1, -0.05) is 206 Å². The molecule has 0 spiro atoms. The Kier molecular flexibility index (Phi) is 8.79. The van der Waals surface area contributed by atoms with Crippen LogP contribution < -0.4 is 4.90 Å². The van der Waals surface area contributed by atoms with Gasteiger partial charge in [-0.25, -0.2) is 0 Å². The molecule has 0 N–H and O–H groups in total. The van der Waals surface area contributed by atoms with E-state index in [1.165, 1.54) is 77.5 Å². The highest BCUT2D eigenvalue weighted by Crippen LogP contribution is 2.59. The van der Waals surface area contributed by atoms with Crippen molar-refractivity contribution in [3.05, 3.63) is 271 Å². The normalized spacial score (nSPS) is 12.5. The third-order valence-corrected chi connectivity index (χ3v) is 12.3. The summed E-state index contributed by atoms with van der Waals surface area (Å²) in [5.74, 6) is 0. The van der Waals surface area contributed by atoms with Gasteiger partial charge in [0.25, 0.3) is 0 Å². The molecule has 1 nitrogen and oxygen atoms in total. The van der Waals surface area contributed by atoms with E-state index < -0.39 is 5.41 Å². The van der Waals surface area contributed by atoms with Crippen molar-refractivity contribution in [2.24, 2.45) is 0 Å². The minimum absolute atomic E-state index is 0.556. The fourth-order valence-corrected chi connectivity index (χ4v) is 9.66. The van der Waals surface area contributed by atoms with Gasteiger partial charge in [0, 0.05) is 17.1 Å². The Labute approximate surface area is 352 Å². The lowest BCUT2D eigenvalue weighted by molar-refractivity contribution is 0.775. The summed E-state index contributed by atoms with van der Waals surface area (Å²) in [4.78, 5) is 2.42. The van der Waals surface area contributed by atoms with Gasteiger partial charge in [-0.05, 0) is 120 Å². The van der Waals surface area contributed by atoms with Gasteiger partial charge in [-0.3, -0.25) is 0 Å². The predicted molar refractivity (Wildman–Crippen MR) is 252 cm³/mol. The number of nitrogens with zero attached hydrogens (tertiary/aromatic N) is 1. The summed E-state index contributed by atoms with van der Waals surface area (Å²) in [6, 6.07) is 91.1. The van der Waals surface area contributed by atoms with Crippen LogP contribution in [0.5, 0.6) is 0 Å². The zero-order valence-electron chi connectivity index (χ0n) is 33.1. The first kappa shape index (κ1) is 35.4. The topological polar surface area (TPSA) is 3.24 Å². The van der Waals surface area contributed by atoms with Gasteiger partial charge in [-0.15, -0.1) is 0 Å². The van der Waals surface area contributed by atoms with E-state index >= 15 is 0 Å². The van der Waals surface area contributed by atoms with Gasteiger partial charge < -0.3 is 4.90 Å². The van der Waals surface area contributed by atoms with E-state index in [-0.39, 0.29) is 0 Å². The predicted octanol–water partition coefficient (Wildman–Crippen LogP) is 15.7. The highest BCUT2D eigenvalue weighted by atomic mass is 15.1. The van der Waals surface area contributed by atoms with Crippen molar-refractivity contribution >= 4 is 27.8 Å². The van der Waals surface area contributed by atoms with Crippen molar-refractivity contribution < 1.29 is 0 Å². The molecule has 0 amide bonds. The molecule has 10 aromatic rings. The minimum Gasteiger partial charge on any atom is -0.310 e. The molecule has 0 aliphatic heterocycles. The number of anilines is 3. The molecular weight excluding hydrogens is 723 g/mol. The van der Waals surface area contributed by atoms with E-state index in [0.29, 0.717) is 0 Å². The van der Waals surface area contributed by atoms with Crippen LogP contribution in [0, 0.1) is 0 Å². The molecule has 0 unspecified atom stereocenters. The average Bonchev–Trinajstić information content (AvgIpc) is 3.64. The van der Waals surface area contributed by atoms with Crippen molar-refractivity contribution in [1.82, 2.24) is 0 Å². The van der Waals surface area contributed by atoms with Crippen molar-refractivity contribution in [3.63, 3.8) is 0 Å². The SMILES string of the molecule is c1ccc(-c2ccc(N(c3ccc(-c4ccccc4)cc3)c3ccc4c(-c5ccccc5)cc5c(c4c3)C(c3ccccc3)(c3ccccc3)c3ccccc3-5)cc2)cc1. The summed E-state index contributed by atoms with van der Waals surface area (Å²) in [5, 5.41) is 2.46. The Morgan fingerprint density at radius 2 is 0.683 bits per heavy atom. The molecule has 0 heterocycles. The van der Waals surface area contributed by atoms with Crippen molar-refractivity contribution in [1.29, 1.82) is 0 Å². The molecular formula is C59H41N. The van der Waals surface area contributed by atoms with Gasteiger partial charge in [-0.2, -0.15) is 0 Å². The van der Waals surface area contributed by atoms with Gasteiger partial charge >= 0.3 is 0 Å². The second kappa shape index (κ2) is 14.9. The third kappa shape index (κ3) is 5.86. The van der Waals surface area contributed by atoms with Crippen LogP contribution in [0.4, 0.5) is 17.1 Å². The molecule has 0 bridgehead atoms. The zero-order chi connectivity index (χ0) is 39.9. The number of hydrogen-bond acceptors (Lipinski definition) is 1. The van der Waals surface area contributed by atoms with E-state index in [0.717, 1.165) is 17.1 Å². The van der Waals surface area contributed by atoms with E-state index in [1.807, 2.05) is 0 Å². The molecule has 60 heavy (non-hydrogen) atoms. The molecule has 0 saturated heterocycles. The number of rotatable bonds is 8. The average molecular weight is 764 g/mol. The molecule has 0 aromatic heterocycles. The molecule has 1 aliphatic rings. The van der Waals surface area contributed by atoms with Crippen LogP contribution in [0.1, 0.15) is 22.3 Å². The maximum absolute atomic E-state index is 2.46. The molecule has 0 fully saturated rings. The summed E-state index contributed by atoms with van der Waals surface area (Å²) in [5.41, 5.74) is 17.6. The first-order valence-electron chi connectivity index (χ1n) is 20.8. The van der Waals surface area contributed by atoms with E-state index in [2.05, 4.69) is 254 Å². The summed E-state index contributed by atoms with van der Waals surface area (Å²) in [6.07, 6.45) is 0. The van der Waals surface area contributed by atoms with E-state index in [4.69, 9.17) is 0 Å². The molecule has 0 saturated carbocycles. The van der Waals surface area contributed by atoms with Gasteiger partial charge in [0.1, 0.15) is 0 Å². The Bertz CT molecular complexity index is 2960. The summed E-state index contributed by atoms with van der Waals surface area (Å²) < 4.78 is 0. The number of hydrogen-bond donors (Lipinski definition) is 0. The number of fused-ring (bicyclic) bond motifs is 5. The maximum atomic E-state index is 2.46. The van der Waals surface area contributed by atoms with Crippen molar-refractivity contribution in [2.45, 2.75) is 5.41 Å². The van der Waals surface area contributed by atoms with Crippen LogP contribution in [-0.2, 0) is 5.41 Å². The molecule has 11 rings (SSSR count). The summed E-state index contributed by atoms with van der Waals surface area (Å²) >= 11 is 0. The highest BCUT2D eigenvalue weighted by molar-refractivity contribution is 6.09. The van der Waals surface area contributed by atoms with Crippen LogP contribution in [-0.4, -0.2) is 0 Å². The minimum atomic E-state index is -0.556. The van der Waals surface area contributed by atoms with Crippen LogP contribution >= 0.6 is 0 Å². The monoisotopic (exact) mass is 763 g/mol. The number of benzene rings is 10. The Hall–Kier alpha value is -7.74. The molecule has 1 heteroatoms. The van der Waals surface area contributed by atoms with E-state index in [1.54, 1.807) is 0 Å². The largest absolute Gasteiger partial charge is 0.310 e. The Morgan fingerprint density at radius 3 is 1.20 bits per heavy atom. The summed E-state index contributed by atoms with van der Waals surface area (Å²) in [7, 11) is 0. The van der Waals surface area contributed by atoms with Crippen LogP contribution in [0.3, 0.4) is 0 Å². The highest BCUT2D eigenvalue weighted by Gasteiger charge is 2.47. The first-order valence-corrected chi connectivity index (χ1v) is 20.8. The molecule has 10 aromatic carbocycles. The van der Waals surface area contributed by atoms with E-state index in [9.17, 15) is 0 Å². The van der Waals surface area contributed by atoms with Gasteiger partial charge in [0.15, 0.2) is 0 Å². The van der Waals surface area contributed by atoms with Crippen LogP contribution in [0.25, 0.3) is 55.3 Å². The molecule has 0 radical (unpaired) electrons. The lowest BCUT2D eigenvalue weighted by Crippen LogP contribution is -2.28.